The highest BCUT2D eigenvalue weighted by atomic mass is 16.5. The maximum atomic E-state index is 13.1. The molecule has 0 spiro atoms. The van der Waals surface area contributed by atoms with E-state index in [1.807, 2.05) is 41.3 Å². The summed E-state index contributed by atoms with van der Waals surface area (Å²) in [7, 11) is 3.33. The molecule has 2 aliphatic rings. The van der Waals surface area contributed by atoms with Gasteiger partial charge in [0.05, 0.1) is 19.8 Å². The molecule has 6 heteroatoms. The van der Waals surface area contributed by atoms with Crippen molar-refractivity contribution in [3.05, 3.63) is 59.7 Å². The van der Waals surface area contributed by atoms with E-state index in [1.54, 1.807) is 14.2 Å². The van der Waals surface area contributed by atoms with Crippen LogP contribution in [0.5, 0.6) is 11.5 Å². The zero-order valence-electron chi connectivity index (χ0n) is 19.3. The van der Waals surface area contributed by atoms with Gasteiger partial charge in [-0.15, -0.1) is 0 Å². The van der Waals surface area contributed by atoms with Crippen LogP contribution in [0.15, 0.2) is 48.5 Å². The van der Waals surface area contributed by atoms with Crippen LogP contribution >= 0.6 is 0 Å². The molecule has 2 heterocycles. The minimum absolute atomic E-state index is 0.0820. The van der Waals surface area contributed by atoms with Crippen LogP contribution in [0.2, 0.25) is 0 Å². The molecule has 0 N–H and O–H groups in total. The van der Waals surface area contributed by atoms with Crippen molar-refractivity contribution in [3.8, 4) is 11.5 Å². The molecule has 2 saturated heterocycles. The maximum Gasteiger partial charge on any atom is 0.257 e. The van der Waals surface area contributed by atoms with E-state index in [1.165, 1.54) is 18.4 Å². The van der Waals surface area contributed by atoms with Gasteiger partial charge in [0.25, 0.3) is 5.91 Å². The fourth-order valence-electron chi connectivity index (χ4n) is 4.93. The Balaban J connectivity index is 1.27. The molecular formula is C26H35N3O3. The average molecular weight is 438 g/mol. The smallest absolute Gasteiger partial charge is 0.257 e. The van der Waals surface area contributed by atoms with Crippen molar-refractivity contribution < 1.29 is 14.3 Å². The molecule has 2 aromatic rings. The number of para-hydroxylation sites is 1. The molecular weight excluding hydrogens is 402 g/mol. The summed E-state index contributed by atoms with van der Waals surface area (Å²) < 4.78 is 10.7. The van der Waals surface area contributed by atoms with Crippen LogP contribution in [0.25, 0.3) is 0 Å². The second kappa shape index (κ2) is 10.8. The van der Waals surface area contributed by atoms with E-state index in [-0.39, 0.29) is 5.91 Å². The van der Waals surface area contributed by atoms with Gasteiger partial charge < -0.3 is 14.4 Å². The first kappa shape index (κ1) is 22.6. The second-order valence-corrected chi connectivity index (χ2v) is 8.74. The van der Waals surface area contributed by atoms with Gasteiger partial charge in [0.2, 0.25) is 0 Å². The van der Waals surface area contributed by atoms with Gasteiger partial charge in [-0.25, -0.2) is 0 Å². The van der Waals surface area contributed by atoms with Crippen LogP contribution in [-0.4, -0.2) is 80.1 Å². The summed E-state index contributed by atoms with van der Waals surface area (Å²) in [5.41, 5.74) is 2.00. The van der Waals surface area contributed by atoms with E-state index in [9.17, 15) is 4.79 Å². The fraction of sp³-hybridized carbons (Fsp3) is 0.500. The standard InChI is InChI=1S/C26H35N3O3/c1-31-23-10-8-21(9-11-23)20-27-16-12-22(13-17-27)28-14-5-15-29(19-18-28)26(30)24-6-3-4-7-25(24)32-2/h3-4,6-11,22H,5,12-20H2,1-2H3. The number of ether oxygens (including phenoxy) is 2. The van der Waals surface area contributed by atoms with Crippen LogP contribution in [0.1, 0.15) is 35.2 Å². The largest absolute Gasteiger partial charge is 0.497 e. The first-order chi connectivity index (χ1) is 15.7. The summed E-state index contributed by atoms with van der Waals surface area (Å²) in [6.07, 6.45) is 3.40. The molecule has 0 unspecified atom stereocenters. The van der Waals surface area contributed by atoms with Crippen molar-refractivity contribution in [3.63, 3.8) is 0 Å². The first-order valence-corrected chi connectivity index (χ1v) is 11.7. The van der Waals surface area contributed by atoms with Crippen LogP contribution in [0.3, 0.4) is 0 Å². The van der Waals surface area contributed by atoms with E-state index in [0.717, 1.165) is 58.0 Å². The van der Waals surface area contributed by atoms with Crippen molar-refractivity contribution in [1.29, 1.82) is 0 Å². The fourth-order valence-corrected chi connectivity index (χ4v) is 4.93. The Hall–Kier alpha value is -2.57. The highest BCUT2D eigenvalue weighted by Crippen LogP contribution is 2.23. The van der Waals surface area contributed by atoms with Gasteiger partial charge in [-0.2, -0.15) is 0 Å². The zero-order valence-corrected chi connectivity index (χ0v) is 19.3. The topological polar surface area (TPSA) is 45.2 Å². The summed E-state index contributed by atoms with van der Waals surface area (Å²) in [5, 5.41) is 0. The first-order valence-electron chi connectivity index (χ1n) is 11.7. The minimum Gasteiger partial charge on any atom is -0.497 e. The van der Waals surface area contributed by atoms with Gasteiger partial charge in [-0.3, -0.25) is 14.6 Å². The molecule has 6 nitrogen and oxygen atoms in total. The summed E-state index contributed by atoms with van der Waals surface area (Å²) in [4.78, 5) is 20.2. The summed E-state index contributed by atoms with van der Waals surface area (Å²) in [6.45, 7) is 6.85. The Bertz CT molecular complexity index is 878. The molecule has 0 saturated carbocycles. The van der Waals surface area contributed by atoms with Gasteiger partial charge in [0.15, 0.2) is 0 Å². The third-order valence-electron chi connectivity index (χ3n) is 6.79. The third-order valence-corrected chi connectivity index (χ3v) is 6.79. The SMILES string of the molecule is COc1ccc(CN2CCC(N3CCCN(C(=O)c4ccccc4OC)CC3)CC2)cc1. The summed E-state index contributed by atoms with van der Waals surface area (Å²) in [6, 6.07) is 16.5. The summed E-state index contributed by atoms with van der Waals surface area (Å²) in [5.74, 6) is 1.65. The number of carbonyl (C=O) groups excluding carboxylic acids is 1. The Morgan fingerprint density at radius 2 is 1.62 bits per heavy atom. The van der Waals surface area contributed by atoms with Gasteiger partial charge in [0, 0.05) is 38.8 Å². The lowest BCUT2D eigenvalue weighted by atomic mass is 10.0. The third kappa shape index (κ3) is 5.43. The molecule has 1 amide bonds. The Morgan fingerprint density at radius 3 is 2.34 bits per heavy atom. The van der Waals surface area contributed by atoms with Crippen molar-refractivity contribution in [2.75, 3.05) is 53.5 Å². The molecule has 32 heavy (non-hydrogen) atoms. The normalized spacial score (nSPS) is 18.9. The summed E-state index contributed by atoms with van der Waals surface area (Å²) >= 11 is 0. The molecule has 0 radical (unpaired) electrons. The van der Waals surface area contributed by atoms with E-state index in [0.29, 0.717) is 17.4 Å². The van der Waals surface area contributed by atoms with Crippen LogP contribution in [-0.2, 0) is 6.54 Å². The second-order valence-electron chi connectivity index (χ2n) is 8.74. The number of amides is 1. The monoisotopic (exact) mass is 437 g/mol. The molecule has 2 aromatic carbocycles. The van der Waals surface area contributed by atoms with Gasteiger partial charge >= 0.3 is 0 Å². The van der Waals surface area contributed by atoms with E-state index in [4.69, 9.17) is 9.47 Å². The number of benzene rings is 2. The quantitative estimate of drug-likeness (QED) is 0.692. The van der Waals surface area contributed by atoms with Gasteiger partial charge in [-0.1, -0.05) is 24.3 Å². The molecule has 4 rings (SSSR count). The van der Waals surface area contributed by atoms with Crippen LogP contribution in [0.4, 0.5) is 0 Å². The number of carbonyl (C=O) groups is 1. The Kier molecular flexibility index (Phi) is 7.66. The van der Waals surface area contributed by atoms with E-state index < -0.39 is 0 Å². The minimum atomic E-state index is 0.0820. The highest BCUT2D eigenvalue weighted by Gasteiger charge is 2.28. The van der Waals surface area contributed by atoms with Crippen molar-refractivity contribution >= 4 is 5.91 Å². The lowest BCUT2D eigenvalue weighted by Gasteiger charge is -2.38. The number of piperidine rings is 1. The molecule has 172 valence electrons. The maximum absolute atomic E-state index is 13.1. The van der Waals surface area contributed by atoms with Crippen LogP contribution in [0, 0.1) is 0 Å². The molecule has 0 aromatic heterocycles. The van der Waals surface area contributed by atoms with Crippen LogP contribution < -0.4 is 9.47 Å². The lowest BCUT2D eigenvalue weighted by Crippen LogP contribution is -2.46. The van der Waals surface area contributed by atoms with Gasteiger partial charge in [-0.05, 0) is 62.2 Å². The van der Waals surface area contributed by atoms with Crippen molar-refractivity contribution in [1.82, 2.24) is 14.7 Å². The highest BCUT2D eigenvalue weighted by molar-refractivity contribution is 5.97. The van der Waals surface area contributed by atoms with E-state index in [2.05, 4.69) is 21.9 Å². The zero-order chi connectivity index (χ0) is 22.3. The molecule has 0 bridgehead atoms. The van der Waals surface area contributed by atoms with Gasteiger partial charge in [0.1, 0.15) is 11.5 Å². The number of nitrogens with zero attached hydrogens (tertiary/aromatic N) is 3. The van der Waals surface area contributed by atoms with Crippen molar-refractivity contribution in [2.45, 2.75) is 31.8 Å². The predicted octanol–water partition coefficient (Wildman–Crippen LogP) is 3.52. The number of hydrogen-bond acceptors (Lipinski definition) is 5. The van der Waals surface area contributed by atoms with Crippen molar-refractivity contribution in [2.24, 2.45) is 0 Å². The molecule has 2 fully saturated rings. The Morgan fingerprint density at radius 1 is 0.875 bits per heavy atom. The number of rotatable bonds is 6. The number of likely N-dealkylation sites (tertiary alicyclic amines) is 1. The number of hydrogen-bond donors (Lipinski definition) is 0. The number of methoxy groups -OCH3 is 2. The molecule has 2 aliphatic heterocycles. The molecule has 0 atom stereocenters. The molecule has 0 aliphatic carbocycles. The average Bonchev–Trinajstić information content (AvgIpc) is 3.11. The lowest BCUT2D eigenvalue weighted by molar-refractivity contribution is 0.0742. The predicted molar refractivity (Wildman–Crippen MR) is 126 cm³/mol. The van der Waals surface area contributed by atoms with E-state index >= 15 is 0 Å². The Labute approximate surface area is 191 Å².